The number of rotatable bonds is 6. The number of anilines is 5. The number of aromatic nitrogens is 5. The molecule has 5 rings (SSSR count). The number of likely N-dealkylation sites (N-methyl/N-ethyl adjacent to an activating group) is 1. The third-order valence-corrected chi connectivity index (χ3v) is 5.74. The molecule has 1 saturated heterocycles. The van der Waals surface area contributed by atoms with Gasteiger partial charge in [-0.3, -0.25) is 5.10 Å². The first kappa shape index (κ1) is 20.9. The Kier molecular flexibility index (Phi) is 5.86. The fraction of sp³-hybridized carbons (Fsp3) is 0.250. The molecule has 9 heteroatoms. The van der Waals surface area contributed by atoms with Crippen molar-refractivity contribution in [2.75, 3.05) is 55.4 Å². The molecule has 0 saturated carbocycles. The number of nitrogens with one attached hydrogen (secondary N) is 2. The minimum absolute atomic E-state index is 0.461. The van der Waals surface area contributed by atoms with Gasteiger partial charge in [0.25, 0.3) is 0 Å². The van der Waals surface area contributed by atoms with E-state index in [1.807, 2.05) is 78.7 Å². The van der Waals surface area contributed by atoms with Crippen molar-refractivity contribution in [3.05, 3.63) is 66.7 Å². The van der Waals surface area contributed by atoms with Crippen LogP contribution in [0, 0.1) is 0 Å². The number of para-hydroxylation sites is 1. The van der Waals surface area contributed by atoms with Crippen LogP contribution < -0.4 is 15.1 Å². The Hall–Kier alpha value is -3.98. The molecule has 2 aromatic heterocycles. The average molecular weight is 442 g/mol. The van der Waals surface area contributed by atoms with Crippen LogP contribution in [-0.2, 0) is 0 Å². The quantitative estimate of drug-likeness (QED) is 0.470. The molecule has 168 valence electrons. The van der Waals surface area contributed by atoms with Crippen LogP contribution >= 0.6 is 0 Å². The summed E-state index contributed by atoms with van der Waals surface area (Å²) in [5, 5.41) is 10.7. The van der Waals surface area contributed by atoms with E-state index < -0.39 is 0 Å². The van der Waals surface area contributed by atoms with Gasteiger partial charge < -0.3 is 20.0 Å². The highest BCUT2D eigenvalue weighted by molar-refractivity contribution is 5.65. The van der Waals surface area contributed by atoms with Crippen LogP contribution in [0.25, 0.3) is 11.3 Å². The normalized spacial score (nSPS) is 14.3. The average Bonchev–Trinajstić information content (AvgIpc) is 3.33. The fourth-order valence-corrected chi connectivity index (χ4v) is 3.74. The molecule has 0 atom stereocenters. The van der Waals surface area contributed by atoms with E-state index in [1.54, 1.807) is 0 Å². The first-order valence-corrected chi connectivity index (χ1v) is 11.0. The van der Waals surface area contributed by atoms with E-state index in [2.05, 4.69) is 32.4 Å². The van der Waals surface area contributed by atoms with E-state index in [0.29, 0.717) is 23.7 Å². The summed E-state index contributed by atoms with van der Waals surface area (Å²) in [5.74, 6) is 2.35. The lowest BCUT2D eigenvalue weighted by molar-refractivity contribution is 0.311. The molecule has 0 unspecified atom stereocenters. The summed E-state index contributed by atoms with van der Waals surface area (Å²) < 4.78 is 0. The maximum atomic E-state index is 4.80. The van der Waals surface area contributed by atoms with Gasteiger partial charge >= 0.3 is 0 Å². The Morgan fingerprint density at radius 2 is 1.58 bits per heavy atom. The van der Waals surface area contributed by atoms with Crippen LogP contribution in [0.3, 0.4) is 0 Å². The molecule has 4 aromatic rings. The van der Waals surface area contributed by atoms with Gasteiger partial charge in [0.1, 0.15) is 0 Å². The minimum atomic E-state index is 0.461. The Morgan fingerprint density at radius 1 is 0.879 bits per heavy atom. The smallest absolute Gasteiger partial charge is 0.236 e. The summed E-state index contributed by atoms with van der Waals surface area (Å²) in [6.07, 6.45) is 0. The van der Waals surface area contributed by atoms with Gasteiger partial charge in [0.15, 0.2) is 5.82 Å². The summed E-state index contributed by atoms with van der Waals surface area (Å²) in [6, 6.07) is 22.1. The third kappa shape index (κ3) is 4.78. The monoisotopic (exact) mass is 441 g/mol. The molecule has 0 bridgehead atoms. The first-order valence-electron chi connectivity index (χ1n) is 11.0. The Balaban J connectivity index is 1.46. The molecule has 1 aliphatic rings. The van der Waals surface area contributed by atoms with Gasteiger partial charge in [-0.2, -0.15) is 20.1 Å². The topological polar surface area (TPSA) is 89.1 Å². The summed E-state index contributed by atoms with van der Waals surface area (Å²) in [4.78, 5) is 20.7. The summed E-state index contributed by atoms with van der Waals surface area (Å²) in [7, 11) is 4.10. The lowest BCUT2D eigenvalue weighted by Crippen LogP contribution is -2.45. The van der Waals surface area contributed by atoms with Gasteiger partial charge in [-0.05, 0) is 24.7 Å². The second-order valence-corrected chi connectivity index (χ2v) is 8.10. The summed E-state index contributed by atoms with van der Waals surface area (Å²) in [6.45, 7) is 3.68. The van der Waals surface area contributed by atoms with Crippen LogP contribution in [0.15, 0.2) is 66.7 Å². The zero-order valence-corrected chi connectivity index (χ0v) is 18.8. The molecular formula is C24H27N9. The predicted molar refractivity (Wildman–Crippen MR) is 131 cm³/mol. The number of hydrogen-bond acceptors (Lipinski definition) is 8. The Labute approximate surface area is 193 Å². The van der Waals surface area contributed by atoms with Crippen LogP contribution in [0.5, 0.6) is 0 Å². The van der Waals surface area contributed by atoms with Gasteiger partial charge in [-0.15, -0.1) is 0 Å². The second-order valence-electron chi connectivity index (χ2n) is 8.10. The highest BCUT2D eigenvalue weighted by Crippen LogP contribution is 2.25. The van der Waals surface area contributed by atoms with Crippen molar-refractivity contribution in [3.8, 4) is 11.3 Å². The number of aromatic amines is 1. The standard InChI is InChI=1S/C24H27N9/c1-31-13-15-33(16-14-31)24-27-22(26-23(28-24)32(2)19-11-7-4-8-12-19)25-21-17-20(29-30-21)18-9-5-3-6-10-18/h3-12,17H,13-16H2,1-2H3,(H2,25,26,27,28,29,30). The highest BCUT2D eigenvalue weighted by Gasteiger charge is 2.20. The molecule has 0 radical (unpaired) electrons. The van der Waals surface area contributed by atoms with Crippen LogP contribution in [0.4, 0.5) is 29.4 Å². The number of piperazine rings is 1. The minimum Gasteiger partial charge on any atom is -0.338 e. The van der Waals surface area contributed by atoms with Crippen LogP contribution in [0.2, 0.25) is 0 Å². The van der Waals surface area contributed by atoms with Crippen molar-refractivity contribution < 1.29 is 0 Å². The van der Waals surface area contributed by atoms with Gasteiger partial charge in [-0.25, -0.2) is 0 Å². The fourth-order valence-electron chi connectivity index (χ4n) is 3.74. The summed E-state index contributed by atoms with van der Waals surface area (Å²) in [5.41, 5.74) is 2.99. The van der Waals surface area contributed by atoms with Crippen molar-refractivity contribution in [2.45, 2.75) is 0 Å². The molecule has 9 nitrogen and oxygen atoms in total. The van der Waals surface area contributed by atoms with Crippen molar-refractivity contribution in [1.82, 2.24) is 30.0 Å². The van der Waals surface area contributed by atoms with E-state index in [-0.39, 0.29) is 0 Å². The van der Waals surface area contributed by atoms with Crippen molar-refractivity contribution in [1.29, 1.82) is 0 Å². The Morgan fingerprint density at radius 3 is 2.30 bits per heavy atom. The van der Waals surface area contributed by atoms with Crippen LogP contribution in [0.1, 0.15) is 0 Å². The second kappa shape index (κ2) is 9.25. The van der Waals surface area contributed by atoms with Gasteiger partial charge in [0, 0.05) is 45.0 Å². The molecule has 0 amide bonds. The van der Waals surface area contributed by atoms with Crippen molar-refractivity contribution in [3.63, 3.8) is 0 Å². The lowest BCUT2D eigenvalue weighted by atomic mass is 10.2. The molecule has 3 heterocycles. The molecule has 0 aliphatic carbocycles. The molecule has 2 aromatic carbocycles. The Bertz CT molecular complexity index is 1190. The van der Waals surface area contributed by atoms with Gasteiger partial charge in [0.2, 0.25) is 17.8 Å². The largest absolute Gasteiger partial charge is 0.338 e. The van der Waals surface area contributed by atoms with E-state index in [0.717, 1.165) is 43.1 Å². The number of nitrogens with zero attached hydrogens (tertiary/aromatic N) is 7. The molecule has 2 N–H and O–H groups in total. The summed E-state index contributed by atoms with van der Waals surface area (Å²) >= 11 is 0. The van der Waals surface area contributed by atoms with E-state index >= 15 is 0 Å². The SMILES string of the molecule is CN1CCN(c2nc(Nc3cc(-c4ccccc4)[nH]n3)nc(N(C)c3ccccc3)n2)CC1. The van der Waals surface area contributed by atoms with Gasteiger partial charge in [-0.1, -0.05) is 48.5 Å². The van der Waals surface area contributed by atoms with Gasteiger partial charge in [0.05, 0.1) is 5.69 Å². The third-order valence-electron chi connectivity index (χ3n) is 5.74. The molecule has 0 spiro atoms. The van der Waals surface area contributed by atoms with Crippen molar-refractivity contribution >= 4 is 29.4 Å². The molecule has 33 heavy (non-hydrogen) atoms. The van der Waals surface area contributed by atoms with E-state index in [1.165, 1.54) is 0 Å². The van der Waals surface area contributed by atoms with Crippen LogP contribution in [-0.4, -0.2) is 70.3 Å². The zero-order valence-electron chi connectivity index (χ0n) is 18.8. The lowest BCUT2D eigenvalue weighted by Gasteiger charge is -2.32. The molecule has 1 fully saturated rings. The zero-order chi connectivity index (χ0) is 22.6. The highest BCUT2D eigenvalue weighted by atomic mass is 15.4. The van der Waals surface area contributed by atoms with E-state index in [9.17, 15) is 0 Å². The number of hydrogen-bond donors (Lipinski definition) is 2. The predicted octanol–water partition coefficient (Wildman–Crippen LogP) is 3.53. The molecule has 1 aliphatic heterocycles. The molecular weight excluding hydrogens is 414 g/mol. The number of benzene rings is 2. The first-order chi connectivity index (χ1) is 16.2. The maximum absolute atomic E-state index is 4.80. The maximum Gasteiger partial charge on any atom is 0.236 e. The van der Waals surface area contributed by atoms with E-state index in [4.69, 9.17) is 15.0 Å². The van der Waals surface area contributed by atoms with Crippen molar-refractivity contribution in [2.24, 2.45) is 0 Å². The number of H-pyrrole nitrogens is 1.